The van der Waals surface area contributed by atoms with Gasteiger partial charge in [-0.3, -0.25) is 4.79 Å². The van der Waals surface area contributed by atoms with Crippen molar-refractivity contribution in [3.63, 3.8) is 0 Å². The summed E-state index contributed by atoms with van der Waals surface area (Å²) >= 11 is 0. The number of hydrogen-bond acceptors (Lipinski definition) is 2. The van der Waals surface area contributed by atoms with Gasteiger partial charge in [0.2, 0.25) is 0 Å². The smallest absolute Gasteiger partial charge is 0.251 e. The second kappa shape index (κ2) is 6.24. The number of amides is 1. The number of carbonyl (C=O) groups excluding carboxylic acids is 1. The molecular formula is C17H19NO2. The highest BCUT2D eigenvalue weighted by Crippen LogP contribution is 2.11. The Bertz CT molecular complexity index is 603. The van der Waals surface area contributed by atoms with E-state index < -0.39 is 0 Å². The molecule has 2 aromatic carbocycles. The van der Waals surface area contributed by atoms with Gasteiger partial charge in [0.1, 0.15) is 5.75 Å². The standard InChI is InChI=1S/C17H19NO2/c1-12-3-8-16(13(2)11-12)17(20)18-10-9-14-4-6-15(19)7-5-14/h3-8,11,19H,9-10H2,1-2H3,(H,18,20). The van der Waals surface area contributed by atoms with Gasteiger partial charge in [-0.15, -0.1) is 0 Å². The van der Waals surface area contributed by atoms with Crippen LogP contribution in [-0.2, 0) is 6.42 Å². The Kier molecular flexibility index (Phi) is 4.41. The molecule has 0 aromatic heterocycles. The van der Waals surface area contributed by atoms with Crippen LogP contribution in [0.2, 0.25) is 0 Å². The maximum absolute atomic E-state index is 12.1. The summed E-state index contributed by atoms with van der Waals surface area (Å²) in [5.74, 6) is 0.217. The molecule has 0 saturated carbocycles. The van der Waals surface area contributed by atoms with Crippen LogP contribution in [0.25, 0.3) is 0 Å². The second-order valence-corrected chi connectivity index (χ2v) is 4.99. The van der Waals surface area contributed by atoms with E-state index >= 15 is 0 Å². The molecule has 0 radical (unpaired) electrons. The molecule has 0 saturated heterocycles. The summed E-state index contributed by atoms with van der Waals surface area (Å²) in [5, 5.41) is 12.1. The van der Waals surface area contributed by atoms with E-state index in [0.717, 1.165) is 28.7 Å². The molecule has 3 nitrogen and oxygen atoms in total. The van der Waals surface area contributed by atoms with Gasteiger partial charge >= 0.3 is 0 Å². The van der Waals surface area contributed by atoms with Crippen molar-refractivity contribution in [1.82, 2.24) is 5.32 Å². The number of carbonyl (C=O) groups is 1. The van der Waals surface area contributed by atoms with Crippen LogP contribution in [0.5, 0.6) is 5.75 Å². The molecule has 0 atom stereocenters. The zero-order chi connectivity index (χ0) is 14.5. The van der Waals surface area contributed by atoms with Gasteiger partial charge in [-0.2, -0.15) is 0 Å². The molecule has 104 valence electrons. The van der Waals surface area contributed by atoms with E-state index in [1.54, 1.807) is 12.1 Å². The SMILES string of the molecule is Cc1ccc(C(=O)NCCc2ccc(O)cc2)c(C)c1. The number of phenolic OH excluding ortho intramolecular Hbond substituents is 1. The predicted octanol–water partition coefficient (Wildman–Crippen LogP) is 2.98. The van der Waals surface area contributed by atoms with Gasteiger partial charge in [0, 0.05) is 12.1 Å². The first-order chi connectivity index (χ1) is 9.56. The highest BCUT2D eigenvalue weighted by Gasteiger charge is 2.08. The molecule has 0 aliphatic heterocycles. The Hall–Kier alpha value is -2.29. The number of aryl methyl sites for hydroxylation is 2. The minimum atomic E-state index is -0.0405. The summed E-state index contributed by atoms with van der Waals surface area (Å²) in [7, 11) is 0. The van der Waals surface area contributed by atoms with Crippen molar-refractivity contribution in [3.05, 3.63) is 64.7 Å². The van der Waals surface area contributed by atoms with Crippen LogP contribution < -0.4 is 5.32 Å². The van der Waals surface area contributed by atoms with Crippen LogP contribution in [0.4, 0.5) is 0 Å². The van der Waals surface area contributed by atoms with E-state index in [1.165, 1.54) is 0 Å². The second-order valence-electron chi connectivity index (χ2n) is 4.99. The lowest BCUT2D eigenvalue weighted by Crippen LogP contribution is -2.26. The Morgan fingerprint density at radius 3 is 2.45 bits per heavy atom. The topological polar surface area (TPSA) is 49.3 Å². The predicted molar refractivity (Wildman–Crippen MR) is 80.1 cm³/mol. The van der Waals surface area contributed by atoms with E-state index in [2.05, 4.69) is 5.32 Å². The van der Waals surface area contributed by atoms with Gasteiger partial charge in [-0.25, -0.2) is 0 Å². The van der Waals surface area contributed by atoms with Crippen molar-refractivity contribution >= 4 is 5.91 Å². The normalized spacial score (nSPS) is 10.3. The van der Waals surface area contributed by atoms with Gasteiger partial charge < -0.3 is 10.4 Å². The Morgan fingerprint density at radius 1 is 1.10 bits per heavy atom. The highest BCUT2D eigenvalue weighted by atomic mass is 16.3. The van der Waals surface area contributed by atoms with Crippen molar-refractivity contribution in [2.45, 2.75) is 20.3 Å². The number of aromatic hydroxyl groups is 1. The first-order valence-corrected chi connectivity index (χ1v) is 6.69. The first-order valence-electron chi connectivity index (χ1n) is 6.69. The molecule has 0 fully saturated rings. The average Bonchev–Trinajstić information content (AvgIpc) is 2.41. The van der Waals surface area contributed by atoms with E-state index in [1.807, 2.05) is 44.2 Å². The molecule has 1 amide bonds. The fourth-order valence-electron chi connectivity index (χ4n) is 2.15. The van der Waals surface area contributed by atoms with Gasteiger partial charge in [0.15, 0.2) is 0 Å². The Morgan fingerprint density at radius 2 is 1.80 bits per heavy atom. The van der Waals surface area contributed by atoms with Gasteiger partial charge in [-0.1, -0.05) is 29.8 Å². The zero-order valence-electron chi connectivity index (χ0n) is 11.8. The maximum atomic E-state index is 12.1. The molecule has 0 spiro atoms. The lowest BCUT2D eigenvalue weighted by molar-refractivity contribution is 0.0953. The monoisotopic (exact) mass is 269 g/mol. The summed E-state index contributed by atoms with van der Waals surface area (Å²) in [6, 6.07) is 12.8. The summed E-state index contributed by atoms with van der Waals surface area (Å²) in [5.41, 5.74) is 3.96. The van der Waals surface area contributed by atoms with Crippen LogP contribution in [0.1, 0.15) is 27.0 Å². The average molecular weight is 269 g/mol. The largest absolute Gasteiger partial charge is 0.508 e. The Balaban J connectivity index is 1.90. The summed E-state index contributed by atoms with van der Waals surface area (Å²) in [6.07, 6.45) is 0.747. The van der Waals surface area contributed by atoms with E-state index in [0.29, 0.717) is 6.54 Å². The highest BCUT2D eigenvalue weighted by molar-refractivity contribution is 5.95. The number of benzene rings is 2. The number of phenols is 1. The third-order valence-electron chi connectivity index (χ3n) is 3.26. The minimum Gasteiger partial charge on any atom is -0.508 e. The molecule has 2 N–H and O–H groups in total. The molecular weight excluding hydrogens is 250 g/mol. The molecule has 0 heterocycles. The van der Waals surface area contributed by atoms with E-state index in [-0.39, 0.29) is 11.7 Å². The quantitative estimate of drug-likeness (QED) is 0.896. The van der Waals surface area contributed by atoms with Crippen LogP contribution in [0.3, 0.4) is 0 Å². The molecule has 2 rings (SSSR count). The van der Waals surface area contributed by atoms with Crippen LogP contribution >= 0.6 is 0 Å². The van der Waals surface area contributed by atoms with Crippen molar-refractivity contribution < 1.29 is 9.90 Å². The molecule has 0 aliphatic rings. The lowest BCUT2D eigenvalue weighted by atomic mass is 10.1. The molecule has 0 aliphatic carbocycles. The molecule has 20 heavy (non-hydrogen) atoms. The van der Waals surface area contributed by atoms with Gasteiger partial charge in [0.25, 0.3) is 5.91 Å². The van der Waals surface area contributed by atoms with Crippen molar-refractivity contribution in [1.29, 1.82) is 0 Å². The number of hydrogen-bond donors (Lipinski definition) is 2. The van der Waals surface area contributed by atoms with Crippen molar-refractivity contribution in [2.24, 2.45) is 0 Å². The van der Waals surface area contributed by atoms with E-state index in [9.17, 15) is 9.90 Å². The third-order valence-corrected chi connectivity index (χ3v) is 3.26. The summed E-state index contributed by atoms with van der Waals surface area (Å²) < 4.78 is 0. The number of rotatable bonds is 4. The number of nitrogens with one attached hydrogen (secondary N) is 1. The van der Waals surface area contributed by atoms with Crippen molar-refractivity contribution in [2.75, 3.05) is 6.54 Å². The summed E-state index contributed by atoms with van der Waals surface area (Å²) in [6.45, 7) is 4.54. The first kappa shape index (κ1) is 14.1. The van der Waals surface area contributed by atoms with Crippen LogP contribution in [0, 0.1) is 13.8 Å². The molecule has 0 unspecified atom stereocenters. The van der Waals surface area contributed by atoms with Crippen molar-refractivity contribution in [3.8, 4) is 5.75 Å². The minimum absolute atomic E-state index is 0.0405. The third kappa shape index (κ3) is 3.60. The van der Waals surface area contributed by atoms with Gasteiger partial charge in [0.05, 0.1) is 0 Å². The van der Waals surface area contributed by atoms with Crippen LogP contribution in [-0.4, -0.2) is 17.6 Å². The fourth-order valence-corrected chi connectivity index (χ4v) is 2.15. The molecule has 3 heteroatoms. The zero-order valence-corrected chi connectivity index (χ0v) is 11.8. The molecule has 2 aromatic rings. The maximum Gasteiger partial charge on any atom is 0.251 e. The van der Waals surface area contributed by atoms with Crippen LogP contribution in [0.15, 0.2) is 42.5 Å². The summed E-state index contributed by atoms with van der Waals surface area (Å²) in [4.78, 5) is 12.1. The van der Waals surface area contributed by atoms with E-state index in [4.69, 9.17) is 0 Å². The Labute approximate surface area is 119 Å². The molecule has 0 bridgehead atoms. The fraction of sp³-hybridized carbons (Fsp3) is 0.235. The van der Waals surface area contributed by atoms with Gasteiger partial charge in [-0.05, 0) is 49.6 Å². The lowest BCUT2D eigenvalue weighted by Gasteiger charge is -2.08.